The number of carbonyl (C=O) groups is 1. The van der Waals surface area contributed by atoms with Crippen LogP contribution in [0.25, 0.3) is 6.08 Å². The van der Waals surface area contributed by atoms with Gasteiger partial charge in [-0.3, -0.25) is 9.69 Å². The molecule has 2 aromatic carbocycles. The predicted octanol–water partition coefficient (Wildman–Crippen LogP) is 3.36. The Bertz CT molecular complexity index is 893. The van der Waals surface area contributed by atoms with Crippen molar-refractivity contribution in [2.75, 3.05) is 25.7 Å². The lowest BCUT2D eigenvalue weighted by atomic mass is 10.1. The van der Waals surface area contributed by atoms with Gasteiger partial charge in [0, 0.05) is 5.56 Å². The number of hydrogen-bond acceptors (Lipinski definition) is 5. The first-order valence-corrected chi connectivity index (χ1v) is 8.80. The van der Waals surface area contributed by atoms with Crippen molar-refractivity contribution in [3.63, 3.8) is 0 Å². The van der Waals surface area contributed by atoms with Crippen LogP contribution in [0.2, 0.25) is 0 Å². The number of methoxy groups -OCH3 is 2. The molecule has 1 aliphatic rings. The van der Waals surface area contributed by atoms with E-state index in [1.165, 1.54) is 4.90 Å². The van der Waals surface area contributed by atoms with Crippen molar-refractivity contribution in [1.82, 2.24) is 5.32 Å². The van der Waals surface area contributed by atoms with Gasteiger partial charge in [0.05, 0.1) is 26.5 Å². The molecule has 1 aliphatic heterocycles. The molecular weight excluding hydrogens is 364 g/mol. The van der Waals surface area contributed by atoms with Crippen LogP contribution in [0.4, 0.5) is 5.69 Å². The molecule has 0 aromatic heterocycles. The molecule has 1 saturated heterocycles. The van der Waals surface area contributed by atoms with Gasteiger partial charge in [0.15, 0.2) is 5.11 Å². The van der Waals surface area contributed by atoms with Gasteiger partial charge in [0.1, 0.15) is 22.9 Å². The Morgan fingerprint density at radius 2 is 1.78 bits per heavy atom. The van der Waals surface area contributed by atoms with Crippen molar-refractivity contribution in [3.05, 3.63) is 53.7 Å². The third kappa shape index (κ3) is 3.88. The number of nitrogens with zero attached hydrogens (tertiary/aromatic N) is 1. The molecule has 140 valence electrons. The SMILES string of the molecule is CCOc1ccc(N2C(=O)/C(=C\c3cc(OC)ccc3OC)NC2=S)cc1. The van der Waals surface area contributed by atoms with Crippen molar-refractivity contribution in [1.29, 1.82) is 0 Å². The number of hydrogen-bond donors (Lipinski definition) is 1. The van der Waals surface area contributed by atoms with Gasteiger partial charge < -0.3 is 19.5 Å². The molecule has 1 fully saturated rings. The first kappa shape index (κ1) is 18.7. The third-order valence-electron chi connectivity index (χ3n) is 4.02. The molecule has 1 amide bonds. The molecule has 0 aliphatic carbocycles. The van der Waals surface area contributed by atoms with E-state index in [2.05, 4.69) is 5.32 Å². The summed E-state index contributed by atoms with van der Waals surface area (Å²) in [6.45, 7) is 2.50. The summed E-state index contributed by atoms with van der Waals surface area (Å²) in [5.41, 5.74) is 1.74. The summed E-state index contributed by atoms with van der Waals surface area (Å²) in [5, 5.41) is 3.29. The second kappa shape index (κ2) is 8.09. The van der Waals surface area contributed by atoms with E-state index in [-0.39, 0.29) is 5.91 Å². The average molecular weight is 384 g/mol. The minimum absolute atomic E-state index is 0.242. The monoisotopic (exact) mass is 384 g/mol. The highest BCUT2D eigenvalue weighted by Crippen LogP contribution is 2.29. The number of rotatable bonds is 6. The van der Waals surface area contributed by atoms with Crippen molar-refractivity contribution < 1.29 is 19.0 Å². The molecule has 0 atom stereocenters. The fourth-order valence-corrected chi connectivity index (χ4v) is 3.03. The Hall–Kier alpha value is -3.06. The van der Waals surface area contributed by atoms with Gasteiger partial charge in [-0.25, -0.2) is 0 Å². The van der Waals surface area contributed by atoms with Gasteiger partial charge in [0.2, 0.25) is 0 Å². The number of ether oxygens (including phenoxy) is 3. The van der Waals surface area contributed by atoms with E-state index in [9.17, 15) is 4.79 Å². The van der Waals surface area contributed by atoms with E-state index in [1.54, 1.807) is 50.6 Å². The Balaban J connectivity index is 1.91. The quantitative estimate of drug-likeness (QED) is 0.609. The number of nitrogens with one attached hydrogen (secondary N) is 1. The smallest absolute Gasteiger partial charge is 0.281 e. The number of thiocarbonyl (C=S) groups is 1. The third-order valence-corrected chi connectivity index (χ3v) is 4.31. The Morgan fingerprint density at radius 1 is 1.07 bits per heavy atom. The molecule has 3 rings (SSSR count). The molecule has 0 saturated carbocycles. The summed E-state index contributed by atoms with van der Waals surface area (Å²) < 4.78 is 16.1. The zero-order valence-electron chi connectivity index (χ0n) is 15.3. The van der Waals surface area contributed by atoms with Crippen LogP contribution in [0.1, 0.15) is 12.5 Å². The zero-order chi connectivity index (χ0) is 19.4. The average Bonchev–Trinajstić information content (AvgIpc) is 2.96. The van der Waals surface area contributed by atoms with E-state index in [0.29, 0.717) is 40.2 Å². The van der Waals surface area contributed by atoms with Crippen LogP contribution in [0, 0.1) is 0 Å². The largest absolute Gasteiger partial charge is 0.497 e. The minimum atomic E-state index is -0.242. The van der Waals surface area contributed by atoms with E-state index in [4.69, 9.17) is 26.4 Å². The fraction of sp³-hybridized carbons (Fsp3) is 0.200. The van der Waals surface area contributed by atoms with Gasteiger partial charge in [-0.1, -0.05) is 0 Å². The minimum Gasteiger partial charge on any atom is -0.497 e. The molecule has 0 radical (unpaired) electrons. The fourth-order valence-electron chi connectivity index (χ4n) is 2.74. The van der Waals surface area contributed by atoms with Gasteiger partial charge in [-0.05, 0) is 67.7 Å². The Morgan fingerprint density at radius 3 is 2.41 bits per heavy atom. The van der Waals surface area contributed by atoms with E-state index < -0.39 is 0 Å². The topological polar surface area (TPSA) is 60.0 Å². The number of anilines is 1. The maximum atomic E-state index is 12.9. The van der Waals surface area contributed by atoms with Gasteiger partial charge in [0.25, 0.3) is 5.91 Å². The molecule has 2 aromatic rings. The molecule has 7 heteroatoms. The maximum Gasteiger partial charge on any atom is 0.281 e. The van der Waals surface area contributed by atoms with Crippen molar-refractivity contribution in [2.24, 2.45) is 0 Å². The van der Waals surface area contributed by atoms with Crippen LogP contribution in [-0.2, 0) is 4.79 Å². The molecule has 6 nitrogen and oxygen atoms in total. The van der Waals surface area contributed by atoms with Crippen LogP contribution < -0.4 is 24.4 Å². The summed E-state index contributed by atoms with van der Waals surface area (Å²) >= 11 is 5.35. The molecule has 0 spiro atoms. The predicted molar refractivity (Wildman–Crippen MR) is 108 cm³/mol. The number of carbonyl (C=O) groups excluding carboxylic acids is 1. The summed E-state index contributed by atoms with van der Waals surface area (Å²) in [4.78, 5) is 14.3. The molecule has 27 heavy (non-hydrogen) atoms. The molecular formula is C20H20N2O4S. The van der Waals surface area contributed by atoms with Gasteiger partial charge in [-0.2, -0.15) is 0 Å². The highest BCUT2D eigenvalue weighted by atomic mass is 32.1. The highest BCUT2D eigenvalue weighted by molar-refractivity contribution is 7.80. The lowest BCUT2D eigenvalue weighted by Gasteiger charge is -2.14. The van der Waals surface area contributed by atoms with Crippen molar-refractivity contribution >= 4 is 35.0 Å². The van der Waals surface area contributed by atoms with E-state index in [1.807, 2.05) is 19.1 Å². The van der Waals surface area contributed by atoms with Crippen LogP contribution in [0.15, 0.2) is 48.2 Å². The molecule has 1 N–H and O–H groups in total. The van der Waals surface area contributed by atoms with Crippen molar-refractivity contribution in [2.45, 2.75) is 6.92 Å². The summed E-state index contributed by atoms with van der Waals surface area (Å²) in [5.74, 6) is 1.79. The van der Waals surface area contributed by atoms with E-state index in [0.717, 1.165) is 5.75 Å². The lowest BCUT2D eigenvalue weighted by Crippen LogP contribution is -2.30. The molecule has 1 heterocycles. The Kier molecular flexibility index (Phi) is 5.61. The number of amides is 1. The maximum absolute atomic E-state index is 12.9. The molecule has 0 bridgehead atoms. The Labute approximate surface area is 163 Å². The zero-order valence-corrected chi connectivity index (χ0v) is 16.1. The normalized spacial score (nSPS) is 15.1. The van der Waals surface area contributed by atoms with Gasteiger partial charge >= 0.3 is 0 Å². The van der Waals surface area contributed by atoms with Crippen LogP contribution >= 0.6 is 12.2 Å². The number of benzene rings is 2. The second-order valence-electron chi connectivity index (χ2n) is 5.66. The highest BCUT2D eigenvalue weighted by Gasteiger charge is 2.32. The van der Waals surface area contributed by atoms with E-state index >= 15 is 0 Å². The standard InChI is InChI=1S/C20H20N2O4S/c1-4-26-15-7-5-14(6-8-15)22-19(23)17(21-20(22)27)12-13-11-16(24-2)9-10-18(13)25-3/h5-12H,4H2,1-3H3,(H,21,27)/b17-12+. The lowest BCUT2D eigenvalue weighted by molar-refractivity contribution is -0.113. The summed E-state index contributed by atoms with van der Waals surface area (Å²) in [7, 11) is 3.16. The van der Waals surface area contributed by atoms with Crippen molar-refractivity contribution in [3.8, 4) is 17.2 Å². The first-order chi connectivity index (χ1) is 13.1. The molecule has 0 unspecified atom stereocenters. The first-order valence-electron chi connectivity index (χ1n) is 8.39. The summed E-state index contributed by atoms with van der Waals surface area (Å²) in [6, 6.07) is 12.6. The summed E-state index contributed by atoms with van der Waals surface area (Å²) in [6.07, 6.45) is 1.70. The van der Waals surface area contributed by atoms with Gasteiger partial charge in [-0.15, -0.1) is 0 Å². The van der Waals surface area contributed by atoms with Crippen LogP contribution in [0.5, 0.6) is 17.2 Å². The van der Waals surface area contributed by atoms with Crippen LogP contribution in [0.3, 0.4) is 0 Å². The second-order valence-corrected chi connectivity index (χ2v) is 6.05. The van der Waals surface area contributed by atoms with Crippen LogP contribution in [-0.4, -0.2) is 31.8 Å².